The summed E-state index contributed by atoms with van der Waals surface area (Å²) in [4.78, 5) is 40.1. The summed E-state index contributed by atoms with van der Waals surface area (Å²) in [6.45, 7) is 14.8. The Hall–Kier alpha value is -3.46. The number of hydrogen-bond acceptors (Lipinski definition) is 10. The first-order chi connectivity index (χ1) is 21.0. The molecule has 44 heavy (non-hydrogen) atoms. The molecule has 3 aliphatic rings. The van der Waals surface area contributed by atoms with Gasteiger partial charge in [-0.05, 0) is 23.8 Å². The molecule has 0 aromatic heterocycles. The van der Waals surface area contributed by atoms with Gasteiger partial charge in [-0.15, -0.1) is 0 Å². The Morgan fingerprint density at radius 1 is 0.977 bits per heavy atom. The topological polar surface area (TPSA) is 169 Å². The molecule has 2 aromatic carbocycles. The van der Waals surface area contributed by atoms with Crippen LogP contribution in [-0.4, -0.2) is 91.9 Å². The van der Waals surface area contributed by atoms with Crippen LogP contribution < -0.4 is 10.1 Å². The van der Waals surface area contributed by atoms with Gasteiger partial charge in [-0.1, -0.05) is 59.7 Å². The molecule has 12 nitrogen and oxygen atoms in total. The summed E-state index contributed by atoms with van der Waals surface area (Å²) in [6.07, 6.45) is 0. The second kappa shape index (κ2) is 16.0. The smallest absolute Gasteiger partial charge is 0.303 e. The monoisotopic (exact) mass is 621 g/mol. The Bertz CT molecular complexity index is 1300. The molecule has 2 saturated heterocycles. The predicted molar refractivity (Wildman–Crippen MR) is 158 cm³/mol. The number of imide groups is 1. The molecule has 0 saturated carbocycles. The van der Waals surface area contributed by atoms with Crippen molar-refractivity contribution >= 4 is 17.7 Å². The quantitative estimate of drug-likeness (QED) is 0.236. The largest absolute Gasteiger partial charge is 0.488 e. The number of nitrogens with one attached hydrogen (secondary N) is 1. The van der Waals surface area contributed by atoms with Gasteiger partial charge in [-0.2, -0.15) is 0 Å². The molecule has 5 N–H and O–H groups in total. The van der Waals surface area contributed by atoms with Crippen molar-refractivity contribution in [3.8, 4) is 5.75 Å². The Labute approximate surface area is 257 Å². The lowest BCUT2D eigenvalue weighted by molar-refractivity contribution is -0.355. The normalized spacial score (nSPS) is 20.1. The van der Waals surface area contributed by atoms with E-state index in [1.807, 2.05) is 41.5 Å². The van der Waals surface area contributed by atoms with Crippen molar-refractivity contribution in [2.45, 2.75) is 78.9 Å². The SMILES string of the molecule is CC.CC.CC.O=C1NC(=O)C(O)(O)C(O)(O)C1N1Cc2c(OCc3ccc(CN4CCOCC4)cc3F)cccc2C1=O. The minimum Gasteiger partial charge on any atom is -0.488 e. The number of halogens is 1. The first-order valence-electron chi connectivity index (χ1n) is 14.9. The number of benzene rings is 2. The van der Waals surface area contributed by atoms with Crippen LogP contribution in [0.3, 0.4) is 0 Å². The van der Waals surface area contributed by atoms with E-state index in [0.29, 0.717) is 24.7 Å². The molecule has 5 rings (SSSR count). The fourth-order valence-electron chi connectivity index (χ4n) is 4.82. The number of aliphatic hydroxyl groups is 4. The van der Waals surface area contributed by atoms with Crippen LogP contribution in [0.25, 0.3) is 0 Å². The maximum atomic E-state index is 14.8. The van der Waals surface area contributed by atoms with Gasteiger partial charge in [0.25, 0.3) is 23.5 Å². The van der Waals surface area contributed by atoms with Gasteiger partial charge in [-0.25, -0.2) is 4.39 Å². The van der Waals surface area contributed by atoms with Gasteiger partial charge in [-0.3, -0.25) is 24.6 Å². The summed E-state index contributed by atoms with van der Waals surface area (Å²) >= 11 is 0. The van der Waals surface area contributed by atoms with Gasteiger partial charge >= 0.3 is 5.79 Å². The van der Waals surface area contributed by atoms with E-state index in [4.69, 9.17) is 9.47 Å². The maximum absolute atomic E-state index is 14.8. The molecule has 0 radical (unpaired) electrons. The van der Waals surface area contributed by atoms with Crippen LogP contribution in [0.1, 0.15) is 68.6 Å². The zero-order valence-corrected chi connectivity index (χ0v) is 26.1. The van der Waals surface area contributed by atoms with E-state index in [1.54, 1.807) is 17.4 Å². The minimum absolute atomic E-state index is 0.0609. The summed E-state index contributed by atoms with van der Waals surface area (Å²) in [5, 5.41) is 42.1. The standard InChI is InChI=1S/C25H26FN3O9.3C2H6/c26-18-10-14(11-28-6-8-37-9-7-28)4-5-15(18)13-38-19-3-1-2-16-17(19)12-29(22(16)31)20-21(30)27-23(32)25(35,36)24(20,33)34;3*1-2/h1-5,10,20,33-36H,6-9,11-13H2,(H,27,30,32);3*1-2H3. The summed E-state index contributed by atoms with van der Waals surface area (Å²) in [5.74, 6) is -11.6. The number of morpholine rings is 1. The fourth-order valence-corrected chi connectivity index (χ4v) is 4.82. The van der Waals surface area contributed by atoms with Crippen LogP contribution >= 0.6 is 0 Å². The number of carbonyl (C=O) groups is 3. The van der Waals surface area contributed by atoms with Gasteiger partial charge in [0.1, 0.15) is 18.2 Å². The maximum Gasteiger partial charge on any atom is 0.303 e. The van der Waals surface area contributed by atoms with Crippen molar-refractivity contribution in [2.24, 2.45) is 0 Å². The number of carbonyl (C=O) groups excluding carboxylic acids is 3. The minimum atomic E-state index is -3.76. The molecular formula is C31H44FN3O9. The zero-order valence-electron chi connectivity index (χ0n) is 26.1. The lowest BCUT2D eigenvalue weighted by atomic mass is 9.90. The lowest BCUT2D eigenvalue weighted by Gasteiger charge is -2.44. The highest BCUT2D eigenvalue weighted by Gasteiger charge is 2.67. The molecule has 244 valence electrons. The van der Waals surface area contributed by atoms with Crippen LogP contribution in [-0.2, 0) is 34.0 Å². The third-order valence-corrected chi connectivity index (χ3v) is 6.97. The van der Waals surface area contributed by atoms with Crippen LogP contribution in [0.2, 0.25) is 0 Å². The van der Waals surface area contributed by atoms with Crippen LogP contribution in [0.15, 0.2) is 36.4 Å². The summed E-state index contributed by atoms with van der Waals surface area (Å²) < 4.78 is 25.9. The van der Waals surface area contributed by atoms with Gasteiger partial charge in [0, 0.05) is 36.3 Å². The van der Waals surface area contributed by atoms with E-state index in [1.165, 1.54) is 24.3 Å². The zero-order chi connectivity index (χ0) is 33.2. The van der Waals surface area contributed by atoms with Crippen molar-refractivity contribution in [3.63, 3.8) is 0 Å². The van der Waals surface area contributed by atoms with Gasteiger partial charge in [0.05, 0.1) is 19.8 Å². The van der Waals surface area contributed by atoms with Crippen LogP contribution in [0, 0.1) is 5.82 Å². The van der Waals surface area contributed by atoms with Crippen molar-refractivity contribution in [1.29, 1.82) is 0 Å². The van der Waals surface area contributed by atoms with Crippen molar-refractivity contribution in [2.75, 3.05) is 26.3 Å². The molecule has 0 aliphatic carbocycles. The lowest BCUT2D eigenvalue weighted by Crippen LogP contribution is -2.79. The number of ether oxygens (including phenoxy) is 2. The summed E-state index contributed by atoms with van der Waals surface area (Å²) in [7, 11) is 0. The third kappa shape index (κ3) is 7.42. The average molecular weight is 622 g/mol. The Kier molecular flexibility index (Phi) is 13.4. The van der Waals surface area contributed by atoms with Crippen molar-refractivity contribution < 1.29 is 48.7 Å². The van der Waals surface area contributed by atoms with Crippen molar-refractivity contribution in [3.05, 3.63) is 64.5 Å². The van der Waals surface area contributed by atoms with E-state index >= 15 is 0 Å². The second-order valence-electron chi connectivity index (χ2n) is 9.44. The van der Waals surface area contributed by atoms with E-state index < -0.39 is 41.2 Å². The number of nitrogens with zero attached hydrogens (tertiary/aromatic N) is 2. The molecule has 3 amide bonds. The highest BCUT2D eigenvalue weighted by atomic mass is 19.1. The van der Waals surface area contributed by atoms with E-state index in [0.717, 1.165) is 18.7 Å². The Balaban J connectivity index is 0.00000106. The fraction of sp³-hybridized carbons (Fsp3) is 0.516. The van der Waals surface area contributed by atoms with Gasteiger partial charge < -0.3 is 34.8 Å². The average Bonchev–Trinajstić information content (AvgIpc) is 3.35. The van der Waals surface area contributed by atoms with Gasteiger partial charge in [0.2, 0.25) is 0 Å². The molecule has 0 spiro atoms. The predicted octanol–water partition coefficient (Wildman–Crippen LogP) is 1.66. The molecule has 13 heteroatoms. The Morgan fingerprint density at radius 3 is 2.23 bits per heavy atom. The molecule has 0 bridgehead atoms. The molecule has 2 fully saturated rings. The second-order valence-corrected chi connectivity index (χ2v) is 9.44. The van der Waals surface area contributed by atoms with E-state index in [-0.39, 0.29) is 35.6 Å². The number of amides is 3. The molecular weight excluding hydrogens is 577 g/mol. The van der Waals surface area contributed by atoms with E-state index in [9.17, 15) is 39.2 Å². The Morgan fingerprint density at radius 2 is 1.61 bits per heavy atom. The van der Waals surface area contributed by atoms with Crippen LogP contribution in [0.5, 0.6) is 5.75 Å². The van der Waals surface area contributed by atoms with Gasteiger partial charge in [0.15, 0.2) is 6.04 Å². The third-order valence-electron chi connectivity index (χ3n) is 6.97. The van der Waals surface area contributed by atoms with Crippen molar-refractivity contribution in [1.82, 2.24) is 15.1 Å². The summed E-state index contributed by atoms with van der Waals surface area (Å²) in [5.41, 5.74) is 1.41. The highest BCUT2D eigenvalue weighted by Crippen LogP contribution is 2.37. The van der Waals surface area contributed by atoms with Crippen LogP contribution in [0.4, 0.5) is 4.39 Å². The molecule has 3 aliphatic heterocycles. The molecule has 1 unspecified atom stereocenters. The van der Waals surface area contributed by atoms with E-state index in [2.05, 4.69) is 4.90 Å². The number of fused-ring (bicyclic) bond motifs is 1. The highest BCUT2D eigenvalue weighted by molar-refractivity contribution is 6.08. The molecule has 3 heterocycles. The molecule has 1 atom stereocenters. The first kappa shape index (κ1) is 36.7. The number of rotatable bonds is 6. The first-order valence-corrected chi connectivity index (χ1v) is 14.9. The molecule has 2 aromatic rings. The number of hydrogen-bond donors (Lipinski definition) is 5. The number of piperidine rings is 1. The summed E-state index contributed by atoms with van der Waals surface area (Å²) in [6, 6.07) is 7.07.